The maximum absolute atomic E-state index is 12.0. The molecule has 0 fully saturated rings. The van der Waals surface area contributed by atoms with Crippen LogP contribution in [-0.4, -0.2) is 38.5 Å². The van der Waals surface area contributed by atoms with E-state index >= 15 is 0 Å². The molecule has 0 heterocycles. The third-order valence-electron chi connectivity index (χ3n) is 2.85. The van der Waals surface area contributed by atoms with Crippen molar-refractivity contribution in [2.45, 2.75) is 31.1 Å². The summed E-state index contributed by atoms with van der Waals surface area (Å²) in [5, 5.41) is 8.75. The fourth-order valence-electron chi connectivity index (χ4n) is 1.65. The Morgan fingerprint density at radius 2 is 1.80 bits per heavy atom. The van der Waals surface area contributed by atoms with Crippen molar-refractivity contribution in [3.8, 4) is 0 Å². The lowest BCUT2D eigenvalue weighted by atomic mass is 10.2. The summed E-state index contributed by atoms with van der Waals surface area (Å²) in [6.45, 7) is 2.82. The number of unbranched alkanes of at least 4 members (excludes halogenated alkanes) is 2. The van der Waals surface area contributed by atoms with Gasteiger partial charge in [-0.1, -0.05) is 19.8 Å². The van der Waals surface area contributed by atoms with Crippen LogP contribution in [0.4, 0.5) is 0 Å². The van der Waals surface area contributed by atoms with E-state index < -0.39 is 15.8 Å². The normalized spacial score (nSPS) is 11.4. The Morgan fingerprint density at radius 3 is 2.35 bits per heavy atom. The molecule has 20 heavy (non-hydrogen) atoms. The highest BCUT2D eigenvalue weighted by Crippen LogP contribution is 2.12. The molecule has 112 valence electrons. The van der Waals surface area contributed by atoms with Crippen LogP contribution in [-0.2, 0) is 14.6 Å². The first-order valence-electron chi connectivity index (χ1n) is 6.61. The Morgan fingerprint density at radius 1 is 1.15 bits per heavy atom. The molecule has 0 saturated carbocycles. The minimum Gasteiger partial charge on any atom is -0.478 e. The quantitative estimate of drug-likeness (QED) is 0.708. The van der Waals surface area contributed by atoms with E-state index in [9.17, 15) is 13.2 Å². The summed E-state index contributed by atoms with van der Waals surface area (Å²) in [6.07, 6.45) is 3.10. The molecule has 0 aliphatic heterocycles. The lowest BCUT2D eigenvalue weighted by Gasteiger charge is -2.06. The molecule has 0 saturated heterocycles. The van der Waals surface area contributed by atoms with Crippen LogP contribution >= 0.6 is 0 Å². The Labute approximate surface area is 119 Å². The van der Waals surface area contributed by atoms with Crippen LogP contribution in [0.2, 0.25) is 0 Å². The van der Waals surface area contributed by atoms with Crippen LogP contribution in [0.1, 0.15) is 36.5 Å². The minimum atomic E-state index is -3.41. The number of ether oxygens (including phenoxy) is 1. The van der Waals surface area contributed by atoms with Gasteiger partial charge < -0.3 is 9.84 Å². The summed E-state index contributed by atoms with van der Waals surface area (Å²) in [5.74, 6) is -1.17. The maximum atomic E-state index is 12.0. The number of hydrogen-bond donors (Lipinski definition) is 1. The Balaban J connectivity index is 2.49. The fourth-order valence-corrected chi connectivity index (χ4v) is 2.77. The number of hydrogen-bond acceptors (Lipinski definition) is 4. The molecule has 0 aromatic heterocycles. The first-order valence-corrected chi connectivity index (χ1v) is 8.26. The van der Waals surface area contributed by atoms with E-state index in [4.69, 9.17) is 9.84 Å². The van der Waals surface area contributed by atoms with E-state index in [0.717, 1.165) is 19.3 Å². The Hall–Kier alpha value is -1.40. The van der Waals surface area contributed by atoms with Crippen LogP contribution < -0.4 is 0 Å². The van der Waals surface area contributed by atoms with Crippen molar-refractivity contribution in [1.82, 2.24) is 0 Å². The van der Waals surface area contributed by atoms with Crippen LogP contribution in [0.5, 0.6) is 0 Å². The molecule has 0 radical (unpaired) electrons. The van der Waals surface area contributed by atoms with E-state index in [1.165, 1.54) is 24.3 Å². The lowest BCUT2D eigenvalue weighted by molar-refractivity contribution is 0.0696. The van der Waals surface area contributed by atoms with Gasteiger partial charge in [0.1, 0.15) is 0 Å². The van der Waals surface area contributed by atoms with E-state index in [-0.39, 0.29) is 22.8 Å². The summed E-state index contributed by atoms with van der Waals surface area (Å²) < 4.78 is 29.2. The second-order valence-corrected chi connectivity index (χ2v) is 6.58. The molecule has 5 nitrogen and oxygen atoms in total. The fraction of sp³-hybridized carbons (Fsp3) is 0.500. The lowest BCUT2D eigenvalue weighted by Crippen LogP contribution is -2.13. The molecule has 1 rings (SSSR count). The molecule has 0 atom stereocenters. The van der Waals surface area contributed by atoms with Crippen LogP contribution in [0.15, 0.2) is 29.2 Å². The van der Waals surface area contributed by atoms with Crippen molar-refractivity contribution < 1.29 is 23.1 Å². The number of carbonyl (C=O) groups is 1. The van der Waals surface area contributed by atoms with Crippen LogP contribution in [0, 0.1) is 0 Å². The molecule has 0 bridgehead atoms. The molecular weight excluding hydrogens is 280 g/mol. The van der Waals surface area contributed by atoms with Crippen molar-refractivity contribution in [1.29, 1.82) is 0 Å². The zero-order valence-electron chi connectivity index (χ0n) is 11.5. The largest absolute Gasteiger partial charge is 0.478 e. The van der Waals surface area contributed by atoms with Crippen molar-refractivity contribution in [3.63, 3.8) is 0 Å². The minimum absolute atomic E-state index is 0.0692. The third kappa shape index (κ3) is 5.30. The summed E-state index contributed by atoms with van der Waals surface area (Å²) in [7, 11) is -3.41. The Bertz CT molecular complexity index is 519. The first-order chi connectivity index (χ1) is 9.47. The molecule has 1 N–H and O–H groups in total. The topological polar surface area (TPSA) is 80.7 Å². The van der Waals surface area contributed by atoms with Gasteiger partial charge in [0, 0.05) is 6.61 Å². The van der Waals surface area contributed by atoms with Crippen molar-refractivity contribution >= 4 is 15.8 Å². The number of rotatable bonds is 9. The summed E-state index contributed by atoms with van der Waals surface area (Å²) in [6, 6.07) is 5.21. The Kier molecular flexibility index (Phi) is 6.67. The van der Waals surface area contributed by atoms with Gasteiger partial charge in [-0.25, -0.2) is 13.2 Å². The molecule has 0 amide bonds. The van der Waals surface area contributed by atoms with Gasteiger partial charge in [-0.15, -0.1) is 0 Å². The maximum Gasteiger partial charge on any atom is 0.335 e. The standard InChI is InChI=1S/C14H20O5S/c1-2-3-4-9-19-10-11-20(17,18)13-7-5-12(6-8-13)14(15)16/h5-8H,2-4,9-11H2,1H3,(H,15,16). The van der Waals surface area contributed by atoms with Crippen molar-refractivity contribution in [2.24, 2.45) is 0 Å². The molecule has 0 unspecified atom stereocenters. The van der Waals surface area contributed by atoms with Gasteiger partial charge in [0.15, 0.2) is 9.84 Å². The predicted octanol–water partition coefficient (Wildman–Crippen LogP) is 2.37. The molecule has 0 aliphatic carbocycles. The molecule has 0 spiro atoms. The summed E-state index contributed by atoms with van der Waals surface area (Å²) in [4.78, 5) is 10.8. The van der Waals surface area contributed by atoms with E-state index in [2.05, 4.69) is 6.92 Å². The monoisotopic (exact) mass is 300 g/mol. The van der Waals surface area contributed by atoms with E-state index in [1.807, 2.05) is 0 Å². The summed E-state index contributed by atoms with van der Waals surface area (Å²) in [5.41, 5.74) is 0.0692. The molecule has 0 aliphatic rings. The second-order valence-electron chi connectivity index (χ2n) is 4.47. The number of carboxylic acids is 1. The number of benzene rings is 1. The predicted molar refractivity (Wildman–Crippen MR) is 75.8 cm³/mol. The highest BCUT2D eigenvalue weighted by atomic mass is 32.2. The van der Waals surface area contributed by atoms with Gasteiger partial charge >= 0.3 is 5.97 Å². The van der Waals surface area contributed by atoms with Gasteiger partial charge in [0.05, 0.1) is 22.8 Å². The first kappa shape index (κ1) is 16.7. The van der Waals surface area contributed by atoms with Crippen molar-refractivity contribution in [3.05, 3.63) is 29.8 Å². The van der Waals surface area contributed by atoms with E-state index in [0.29, 0.717) is 6.61 Å². The number of carboxylic acid groups (broad SMARTS) is 1. The average molecular weight is 300 g/mol. The van der Waals surface area contributed by atoms with Crippen LogP contribution in [0.3, 0.4) is 0 Å². The number of sulfone groups is 1. The van der Waals surface area contributed by atoms with Gasteiger partial charge in [-0.05, 0) is 30.7 Å². The molecule has 1 aromatic rings. The highest BCUT2D eigenvalue weighted by molar-refractivity contribution is 7.91. The third-order valence-corrected chi connectivity index (χ3v) is 4.54. The van der Waals surface area contributed by atoms with Gasteiger partial charge in [0.2, 0.25) is 0 Å². The highest BCUT2D eigenvalue weighted by Gasteiger charge is 2.14. The van der Waals surface area contributed by atoms with Crippen LogP contribution in [0.25, 0.3) is 0 Å². The summed E-state index contributed by atoms with van der Waals surface area (Å²) >= 11 is 0. The smallest absolute Gasteiger partial charge is 0.335 e. The van der Waals surface area contributed by atoms with E-state index in [1.54, 1.807) is 0 Å². The SMILES string of the molecule is CCCCCOCCS(=O)(=O)c1ccc(C(=O)O)cc1. The van der Waals surface area contributed by atoms with Gasteiger partial charge in [-0.3, -0.25) is 0 Å². The molecule has 6 heteroatoms. The molecule has 1 aromatic carbocycles. The number of aromatic carboxylic acids is 1. The zero-order valence-corrected chi connectivity index (χ0v) is 12.4. The van der Waals surface area contributed by atoms with Gasteiger partial charge in [0.25, 0.3) is 0 Å². The zero-order chi connectivity index (χ0) is 15.0. The average Bonchev–Trinajstić information content (AvgIpc) is 2.43. The van der Waals surface area contributed by atoms with Crippen molar-refractivity contribution in [2.75, 3.05) is 19.0 Å². The molecular formula is C14H20O5S. The second kappa shape index (κ2) is 8.01. The van der Waals surface area contributed by atoms with Gasteiger partial charge in [-0.2, -0.15) is 0 Å².